The summed E-state index contributed by atoms with van der Waals surface area (Å²) in [6.45, 7) is 5.10. The van der Waals surface area contributed by atoms with Gasteiger partial charge in [0.05, 0.1) is 25.6 Å². The second-order valence-corrected chi connectivity index (χ2v) is 6.51. The summed E-state index contributed by atoms with van der Waals surface area (Å²) in [6, 6.07) is 5.74. The third-order valence-corrected chi connectivity index (χ3v) is 4.64. The van der Waals surface area contributed by atoms with Gasteiger partial charge in [-0.1, -0.05) is 19.8 Å². The number of rotatable bonds is 9. The molecule has 5 nitrogen and oxygen atoms in total. The van der Waals surface area contributed by atoms with Crippen molar-refractivity contribution < 1.29 is 9.47 Å². The van der Waals surface area contributed by atoms with E-state index in [9.17, 15) is 0 Å². The highest BCUT2D eigenvalue weighted by molar-refractivity contribution is 7.98. The van der Waals surface area contributed by atoms with E-state index in [1.54, 1.807) is 26.0 Å². The first-order chi connectivity index (χ1) is 12.1. The van der Waals surface area contributed by atoms with Crippen molar-refractivity contribution in [3.8, 4) is 22.8 Å². The van der Waals surface area contributed by atoms with Gasteiger partial charge in [-0.3, -0.25) is 0 Å². The first-order valence-electron chi connectivity index (χ1n) is 8.53. The lowest BCUT2D eigenvalue weighted by Gasteiger charge is -2.15. The maximum Gasteiger partial charge on any atom is 0.158 e. The molecule has 136 valence electrons. The number of hydrogen-bond donors (Lipinski definition) is 1. The van der Waals surface area contributed by atoms with Gasteiger partial charge >= 0.3 is 0 Å². The van der Waals surface area contributed by atoms with Gasteiger partial charge in [0.1, 0.15) is 16.5 Å². The summed E-state index contributed by atoms with van der Waals surface area (Å²) in [5.74, 6) is 2.34. The first-order valence-corrected chi connectivity index (χ1v) is 9.75. The molecule has 1 aromatic carbocycles. The Morgan fingerprint density at radius 1 is 1.12 bits per heavy atom. The Morgan fingerprint density at radius 3 is 2.56 bits per heavy atom. The molecule has 0 aliphatic heterocycles. The molecule has 0 amide bonds. The minimum atomic E-state index is 0.729. The lowest BCUT2D eigenvalue weighted by atomic mass is 10.1. The summed E-state index contributed by atoms with van der Waals surface area (Å²) < 4.78 is 10.8. The minimum Gasteiger partial charge on any atom is -0.497 e. The summed E-state index contributed by atoms with van der Waals surface area (Å²) in [4.78, 5) is 9.60. The molecule has 0 unspecified atom stereocenters. The molecule has 0 saturated heterocycles. The molecule has 2 aromatic rings. The highest BCUT2D eigenvalue weighted by atomic mass is 32.2. The largest absolute Gasteiger partial charge is 0.497 e. The summed E-state index contributed by atoms with van der Waals surface area (Å²) in [5, 5.41) is 4.32. The van der Waals surface area contributed by atoms with E-state index in [1.807, 2.05) is 31.4 Å². The van der Waals surface area contributed by atoms with Crippen LogP contribution in [0.5, 0.6) is 11.5 Å². The van der Waals surface area contributed by atoms with E-state index in [1.165, 1.54) is 12.8 Å². The van der Waals surface area contributed by atoms with E-state index in [0.717, 1.165) is 52.3 Å². The predicted molar refractivity (Wildman–Crippen MR) is 105 cm³/mol. The van der Waals surface area contributed by atoms with Crippen LogP contribution in [0.2, 0.25) is 0 Å². The molecule has 0 atom stereocenters. The van der Waals surface area contributed by atoms with Crippen LogP contribution in [-0.2, 0) is 0 Å². The summed E-state index contributed by atoms with van der Waals surface area (Å²) in [6.07, 6.45) is 5.58. The van der Waals surface area contributed by atoms with Gasteiger partial charge in [-0.15, -0.1) is 11.8 Å². The monoisotopic (exact) mass is 361 g/mol. The average molecular weight is 362 g/mol. The van der Waals surface area contributed by atoms with Crippen LogP contribution >= 0.6 is 11.8 Å². The zero-order valence-corrected chi connectivity index (χ0v) is 16.5. The predicted octanol–water partition coefficient (Wildman–Crippen LogP) is 4.79. The van der Waals surface area contributed by atoms with E-state index in [4.69, 9.17) is 19.4 Å². The highest BCUT2D eigenvalue weighted by Crippen LogP contribution is 2.35. The number of aryl methyl sites for hydroxylation is 1. The SMILES string of the molecule is CCCCCNc1nc(C)c(-c2ccc(OC)cc2OC)nc1SC. The molecular formula is C19H27N3O2S. The van der Waals surface area contributed by atoms with Crippen LogP contribution in [0, 0.1) is 6.92 Å². The van der Waals surface area contributed by atoms with Crippen molar-refractivity contribution in [2.24, 2.45) is 0 Å². The number of benzene rings is 1. The van der Waals surface area contributed by atoms with E-state index in [2.05, 4.69) is 12.2 Å². The minimum absolute atomic E-state index is 0.729. The fourth-order valence-corrected chi connectivity index (χ4v) is 3.09. The van der Waals surface area contributed by atoms with Gasteiger partial charge in [0.25, 0.3) is 0 Å². The molecule has 0 aliphatic carbocycles. The van der Waals surface area contributed by atoms with Gasteiger partial charge in [-0.25, -0.2) is 9.97 Å². The maximum atomic E-state index is 5.52. The van der Waals surface area contributed by atoms with Gasteiger partial charge in [0.2, 0.25) is 0 Å². The van der Waals surface area contributed by atoms with Crippen LogP contribution in [0.1, 0.15) is 31.9 Å². The number of anilines is 1. The number of nitrogens with zero attached hydrogens (tertiary/aromatic N) is 2. The number of hydrogen-bond acceptors (Lipinski definition) is 6. The second kappa shape index (κ2) is 9.51. The van der Waals surface area contributed by atoms with Crippen LogP contribution in [-0.4, -0.2) is 37.0 Å². The van der Waals surface area contributed by atoms with Crippen LogP contribution in [0.4, 0.5) is 5.82 Å². The lowest BCUT2D eigenvalue weighted by Crippen LogP contribution is -2.08. The normalized spacial score (nSPS) is 10.6. The molecule has 6 heteroatoms. The first kappa shape index (κ1) is 19.4. The summed E-state index contributed by atoms with van der Waals surface area (Å²) >= 11 is 1.60. The van der Waals surface area contributed by atoms with Gasteiger partial charge < -0.3 is 14.8 Å². The number of unbranched alkanes of at least 4 members (excludes halogenated alkanes) is 2. The zero-order valence-electron chi connectivity index (χ0n) is 15.7. The van der Waals surface area contributed by atoms with E-state index in [-0.39, 0.29) is 0 Å². The Kier molecular flexibility index (Phi) is 7.37. The van der Waals surface area contributed by atoms with Gasteiger partial charge in [0, 0.05) is 18.2 Å². The number of thioether (sulfide) groups is 1. The Morgan fingerprint density at radius 2 is 1.92 bits per heavy atom. The Labute approximate surface area is 154 Å². The molecule has 0 saturated carbocycles. The summed E-state index contributed by atoms with van der Waals surface area (Å²) in [5.41, 5.74) is 2.63. The van der Waals surface area contributed by atoms with Crippen LogP contribution in [0.25, 0.3) is 11.3 Å². The van der Waals surface area contributed by atoms with Crippen molar-refractivity contribution >= 4 is 17.6 Å². The molecule has 0 aliphatic rings. The molecule has 25 heavy (non-hydrogen) atoms. The molecule has 0 spiro atoms. The van der Waals surface area contributed by atoms with Crippen molar-refractivity contribution in [3.63, 3.8) is 0 Å². The Bertz CT molecular complexity index is 707. The van der Waals surface area contributed by atoms with Gasteiger partial charge in [-0.05, 0) is 31.7 Å². The molecule has 1 N–H and O–H groups in total. The van der Waals surface area contributed by atoms with Gasteiger partial charge in [-0.2, -0.15) is 0 Å². The van der Waals surface area contributed by atoms with Crippen LogP contribution in [0.15, 0.2) is 23.2 Å². The molecule has 0 bridgehead atoms. The Balaban J connectivity index is 2.36. The van der Waals surface area contributed by atoms with E-state index < -0.39 is 0 Å². The fourth-order valence-electron chi connectivity index (χ4n) is 2.59. The fraction of sp³-hybridized carbons (Fsp3) is 0.474. The molecule has 0 radical (unpaired) electrons. The maximum absolute atomic E-state index is 5.52. The van der Waals surface area contributed by atoms with Crippen molar-refractivity contribution in [1.82, 2.24) is 9.97 Å². The quantitative estimate of drug-likeness (QED) is 0.512. The topological polar surface area (TPSA) is 56.3 Å². The van der Waals surface area contributed by atoms with Gasteiger partial charge in [0.15, 0.2) is 5.82 Å². The molecule has 1 heterocycles. The smallest absolute Gasteiger partial charge is 0.158 e. The zero-order chi connectivity index (χ0) is 18.2. The van der Waals surface area contributed by atoms with Crippen molar-refractivity contribution in [2.45, 2.75) is 38.1 Å². The Hall–Kier alpha value is -1.95. The van der Waals surface area contributed by atoms with Crippen molar-refractivity contribution in [3.05, 3.63) is 23.9 Å². The van der Waals surface area contributed by atoms with Crippen LogP contribution < -0.4 is 14.8 Å². The highest BCUT2D eigenvalue weighted by Gasteiger charge is 2.16. The third-order valence-electron chi connectivity index (χ3n) is 3.97. The number of ether oxygens (including phenoxy) is 2. The molecule has 0 fully saturated rings. The number of aromatic nitrogens is 2. The van der Waals surface area contributed by atoms with E-state index >= 15 is 0 Å². The molecule has 2 rings (SSSR count). The van der Waals surface area contributed by atoms with E-state index in [0.29, 0.717) is 0 Å². The standard InChI is InChI=1S/C19H27N3O2S/c1-6-7-8-11-20-18-19(25-5)22-17(13(2)21-18)15-10-9-14(23-3)12-16(15)24-4/h9-10,12H,6-8,11H2,1-5H3,(H,20,21). The lowest BCUT2D eigenvalue weighted by molar-refractivity contribution is 0.395. The third kappa shape index (κ3) is 4.78. The molecule has 1 aromatic heterocycles. The molecular weight excluding hydrogens is 334 g/mol. The number of nitrogens with one attached hydrogen (secondary N) is 1. The average Bonchev–Trinajstić information content (AvgIpc) is 2.65. The van der Waals surface area contributed by atoms with Crippen molar-refractivity contribution in [2.75, 3.05) is 32.3 Å². The van der Waals surface area contributed by atoms with Crippen molar-refractivity contribution in [1.29, 1.82) is 0 Å². The summed E-state index contributed by atoms with van der Waals surface area (Å²) in [7, 11) is 3.30. The number of methoxy groups -OCH3 is 2. The second-order valence-electron chi connectivity index (χ2n) is 5.72. The van der Waals surface area contributed by atoms with Crippen LogP contribution in [0.3, 0.4) is 0 Å².